The minimum Gasteiger partial charge on any atom is -0.423 e. The summed E-state index contributed by atoms with van der Waals surface area (Å²) >= 11 is 4.44. The normalized spacial score (nSPS) is 12.1. The molecule has 0 unspecified atom stereocenters. The number of nitrogens with two attached hydrogens (primary N) is 2. The maximum atomic E-state index is 10.0. The quantitative estimate of drug-likeness (QED) is 0.0756. The summed E-state index contributed by atoms with van der Waals surface area (Å²) in [6.45, 7) is 20.3. The van der Waals surface area contributed by atoms with Gasteiger partial charge in [0.25, 0.3) is 0 Å². The summed E-state index contributed by atoms with van der Waals surface area (Å²) in [5, 5.41) is 33.7. The van der Waals surface area contributed by atoms with Crippen LogP contribution in [0.15, 0.2) is 273 Å². The SMILES string of the molecule is CC(C)(C)c1ccc(-n2c3ccccc3c3cc(-c4cccc(-c5cc6c7ccccc7n(-c7ccc(C(C)(C)C)cc7)c6c6ccccc56)c4N)c4ccccc4c32)cc1.CC(C)(C)c1ccc(-n2c3ccccc3c3cc(B(O)O)c4ccccc4c32)cc1.Nc1c(I)cccc1I. The number of hydrogen-bond donors (Lipinski definition) is 4. The second-order valence-electron chi connectivity index (χ2n) is 29.4. The van der Waals surface area contributed by atoms with Crippen LogP contribution in [-0.4, -0.2) is 30.9 Å². The average Bonchev–Trinajstić information content (AvgIpc) is 1.55. The van der Waals surface area contributed by atoms with Crippen LogP contribution < -0.4 is 16.9 Å². The Labute approximate surface area is 611 Å². The molecular weight excluding hydrogens is 1450 g/mol. The van der Waals surface area contributed by atoms with Gasteiger partial charge in [0.2, 0.25) is 0 Å². The summed E-state index contributed by atoms with van der Waals surface area (Å²) in [7, 11) is -1.52. The van der Waals surface area contributed by atoms with Crippen LogP contribution in [0.2, 0.25) is 0 Å². The highest BCUT2D eigenvalue weighted by Crippen LogP contribution is 2.48. The molecule has 100 heavy (non-hydrogen) atoms. The largest absolute Gasteiger partial charge is 0.489 e. The van der Waals surface area contributed by atoms with E-state index in [1.165, 1.54) is 81.8 Å². The Morgan fingerprint density at radius 3 is 0.880 bits per heavy atom. The van der Waals surface area contributed by atoms with E-state index >= 15 is 0 Å². The molecule has 7 nitrogen and oxygen atoms in total. The van der Waals surface area contributed by atoms with Crippen molar-refractivity contribution in [1.82, 2.24) is 13.7 Å². The Balaban J connectivity index is 0.000000171. The molecule has 0 spiro atoms. The van der Waals surface area contributed by atoms with Crippen molar-refractivity contribution < 1.29 is 10.0 Å². The molecule has 17 aromatic rings. The third-order valence-corrected chi connectivity index (χ3v) is 21.9. The standard InChI is InChI=1S/C58H49N3.C26H24BNO2.C6H5I2N/c1-57(2,3)36-26-30-38(31-27-36)60-52-24-13-11-18-42(52)50-34-48(40-16-7-9-20-46(40)55(50)60)44-22-15-23-45(54(44)59)49-35-51-43-19-12-14-25-53(43)61(56(51)47-21-10-8-17-41(47)49)39-32-28-37(29-33-39)58(4,5)6;1-26(2,3)17-12-14-18(15-13-17)28-24-11-7-6-9-20(24)22-16-23(27(29)30)19-8-4-5-10-21(19)25(22)28;7-4-2-1-3-5(8)6(4)9/h7-35H,59H2,1-6H3;4-16,29-30H,1-3H3;1-3H,9H2. The molecule has 0 aliphatic carbocycles. The molecule has 0 saturated heterocycles. The number of nitrogens with zero attached hydrogens (tertiary/aromatic N) is 3. The summed E-state index contributed by atoms with van der Waals surface area (Å²) in [4.78, 5) is 0. The molecule has 492 valence electrons. The van der Waals surface area contributed by atoms with Gasteiger partial charge in [0.15, 0.2) is 0 Å². The molecule has 0 saturated carbocycles. The first kappa shape index (κ1) is 66.2. The molecule has 3 heterocycles. The minimum atomic E-state index is -1.52. The number of fused-ring (bicyclic) bond motifs is 15. The molecule has 0 bridgehead atoms. The molecule has 0 fully saturated rings. The van der Waals surface area contributed by atoms with E-state index in [2.05, 4.69) is 340 Å². The van der Waals surface area contributed by atoms with Crippen molar-refractivity contribution in [2.45, 2.75) is 78.6 Å². The van der Waals surface area contributed by atoms with Gasteiger partial charge < -0.3 is 35.2 Å². The predicted molar refractivity (Wildman–Crippen MR) is 446 cm³/mol. The van der Waals surface area contributed by atoms with Crippen molar-refractivity contribution in [3.05, 3.63) is 297 Å². The predicted octanol–water partition coefficient (Wildman–Crippen LogP) is 23.1. The molecule has 3 aromatic heterocycles. The van der Waals surface area contributed by atoms with Crippen LogP contribution in [-0.2, 0) is 16.2 Å². The van der Waals surface area contributed by atoms with Crippen molar-refractivity contribution in [2.24, 2.45) is 0 Å². The Morgan fingerprint density at radius 2 is 0.560 bits per heavy atom. The van der Waals surface area contributed by atoms with Crippen LogP contribution in [0.3, 0.4) is 0 Å². The number of aromatic nitrogens is 3. The third kappa shape index (κ3) is 11.7. The zero-order chi connectivity index (χ0) is 69.7. The second kappa shape index (κ2) is 25.8. The van der Waals surface area contributed by atoms with Crippen LogP contribution in [0.4, 0.5) is 11.4 Å². The van der Waals surface area contributed by atoms with Crippen molar-refractivity contribution in [3.63, 3.8) is 0 Å². The monoisotopic (exact) mass is 1530 g/mol. The van der Waals surface area contributed by atoms with Crippen LogP contribution in [0.5, 0.6) is 0 Å². The van der Waals surface area contributed by atoms with Crippen molar-refractivity contribution in [1.29, 1.82) is 0 Å². The number of nitrogen functional groups attached to an aromatic ring is 2. The number of rotatable bonds is 6. The topological polar surface area (TPSA) is 107 Å². The Hall–Kier alpha value is -9.70. The highest BCUT2D eigenvalue weighted by atomic mass is 127. The molecule has 10 heteroatoms. The molecule has 0 aliphatic heterocycles. The van der Waals surface area contributed by atoms with Gasteiger partial charge in [-0.25, -0.2) is 0 Å². The van der Waals surface area contributed by atoms with E-state index in [-0.39, 0.29) is 16.2 Å². The fraction of sp³-hybridized carbons (Fsp3) is 0.133. The van der Waals surface area contributed by atoms with E-state index in [1.54, 1.807) is 0 Å². The fourth-order valence-electron chi connectivity index (χ4n) is 14.8. The van der Waals surface area contributed by atoms with E-state index in [4.69, 9.17) is 11.5 Å². The first-order chi connectivity index (χ1) is 48.0. The summed E-state index contributed by atoms with van der Waals surface area (Å²) in [6, 6.07) is 97.7. The van der Waals surface area contributed by atoms with E-state index in [9.17, 15) is 10.0 Å². The van der Waals surface area contributed by atoms with Gasteiger partial charge >= 0.3 is 7.12 Å². The van der Waals surface area contributed by atoms with Gasteiger partial charge in [0.05, 0.1) is 38.8 Å². The average molecular weight is 1530 g/mol. The maximum Gasteiger partial charge on any atom is 0.489 e. The third-order valence-electron chi connectivity index (χ3n) is 20.0. The minimum absolute atomic E-state index is 0.0747. The van der Waals surface area contributed by atoms with Gasteiger partial charge in [-0.2, -0.15) is 0 Å². The number of benzene rings is 14. The molecule has 0 amide bonds. The van der Waals surface area contributed by atoms with Gasteiger partial charge in [0, 0.05) is 89.5 Å². The molecule has 17 rings (SSSR count). The lowest BCUT2D eigenvalue weighted by Gasteiger charge is -2.20. The van der Waals surface area contributed by atoms with E-state index < -0.39 is 7.12 Å². The lowest BCUT2D eigenvalue weighted by molar-refractivity contribution is 0.426. The highest BCUT2D eigenvalue weighted by molar-refractivity contribution is 14.1. The van der Waals surface area contributed by atoms with Gasteiger partial charge in [0.1, 0.15) is 0 Å². The van der Waals surface area contributed by atoms with Crippen molar-refractivity contribution in [3.8, 4) is 39.3 Å². The molecule has 0 aliphatic rings. The number of para-hydroxylation sites is 5. The Morgan fingerprint density at radius 1 is 0.280 bits per heavy atom. The number of anilines is 2. The summed E-state index contributed by atoms with van der Waals surface area (Å²) in [6.07, 6.45) is 0. The van der Waals surface area contributed by atoms with Crippen LogP contribution in [0.1, 0.15) is 79.0 Å². The first-order valence-corrected chi connectivity index (χ1v) is 36.3. The first-order valence-electron chi connectivity index (χ1n) is 34.2. The molecule has 0 radical (unpaired) electrons. The van der Waals surface area contributed by atoms with Crippen molar-refractivity contribution >= 4 is 167 Å². The van der Waals surface area contributed by atoms with Gasteiger partial charge in [-0.3, -0.25) is 0 Å². The lowest BCUT2D eigenvalue weighted by atomic mass is 9.76. The van der Waals surface area contributed by atoms with Crippen LogP contribution >= 0.6 is 45.2 Å². The van der Waals surface area contributed by atoms with E-state index in [0.717, 1.165) is 90.4 Å². The summed E-state index contributed by atoms with van der Waals surface area (Å²) < 4.78 is 9.42. The van der Waals surface area contributed by atoms with Crippen molar-refractivity contribution in [2.75, 3.05) is 11.5 Å². The van der Waals surface area contributed by atoms with Crippen LogP contribution in [0.25, 0.3) is 137 Å². The smallest absolute Gasteiger partial charge is 0.423 e. The van der Waals surface area contributed by atoms with Gasteiger partial charge in [-0.1, -0.05) is 256 Å². The highest BCUT2D eigenvalue weighted by Gasteiger charge is 2.26. The molecule has 0 atom stereocenters. The van der Waals surface area contributed by atoms with Gasteiger partial charge in [-0.05, 0) is 190 Å². The lowest BCUT2D eigenvalue weighted by Crippen LogP contribution is -2.30. The van der Waals surface area contributed by atoms with Gasteiger partial charge in [-0.15, -0.1) is 0 Å². The Bertz CT molecular complexity index is 5790. The zero-order valence-corrected chi connectivity index (χ0v) is 62.0. The fourth-order valence-corrected chi connectivity index (χ4v) is 16.4. The number of halogens is 2. The second-order valence-corrected chi connectivity index (χ2v) is 31.7. The summed E-state index contributed by atoms with van der Waals surface area (Å²) in [5.74, 6) is 0. The Kier molecular flexibility index (Phi) is 17.1. The zero-order valence-electron chi connectivity index (χ0n) is 57.7. The molecule has 14 aromatic carbocycles. The van der Waals surface area contributed by atoms with E-state index in [1.807, 2.05) is 54.6 Å². The molecule has 6 N–H and O–H groups in total. The number of hydrogen-bond acceptors (Lipinski definition) is 4. The summed E-state index contributed by atoms with van der Waals surface area (Å²) in [5.41, 5.74) is 34.3. The molecular formula is C90H78BI2N5O2. The van der Waals surface area contributed by atoms with E-state index in [0.29, 0.717) is 5.46 Å². The van der Waals surface area contributed by atoms with Crippen LogP contribution in [0, 0.1) is 7.14 Å². The maximum absolute atomic E-state index is 10.0.